The maximum atomic E-state index is 12.4. The van der Waals surface area contributed by atoms with Crippen molar-refractivity contribution >= 4 is 17.6 Å². The molecule has 0 aliphatic carbocycles. The Bertz CT molecular complexity index is 640. The zero-order valence-electron chi connectivity index (χ0n) is 15.6. The number of anilines is 1. The second kappa shape index (κ2) is 8.03. The van der Waals surface area contributed by atoms with Crippen molar-refractivity contribution in [2.75, 3.05) is 38.0 Å². The van der Waals surface area contributed by atoms with Gasteiger partial charge < -0.3 is 16.0 Å². The number of hydrogen-bond acceptors (Lipinski definition) is 5. The molecule has 7 nitrogen and oxygen atoms in total. The topological polar surface area (TPSA) is 91.6 Å². The predicted octanol–water partition coefficient (Wildman–Crippen LogP) is 1.17. The van der Waals surface area contributed by atoms with Gasteiger partial charge >= 0.3 is 0 Å². The van der Waals surface area contributed by atoms with E-state index in [4.69, 9.17) is 5.73 Å². The summed E-state index contributed by atoms with van der Waals surface area (Å²) >= 11 is 0. The van der Waals surface area contributed by atoms with Crippen LogP contribution < -0.4 is 11.1 Å². The molecule has 0 spiro atoms. The van der Waals surface area contributed by atoms with E-state index in [-0.39, 0.29) is 24.4 Å². The van der Waals surface area contributed by atoms with Crippen LogP contribution in [0.15, 0.2) is 18.3 Å². The largest absolute Gasteiger partial charge is 0.369 e. The van der Waals surface area contributed by atoms with E-state index >= 15 is 0 Å². The van der Waals surface area contributed by atoms with Crippen LogP contribution in [0.1, 0.15) is 37.0 Å². The second-order valence-corrected chi connectivity index (χ2v) is 7.75. The molecular weight excluding hydrogens is 330 g/mol. The zero-order chi connectivity index (χ0) is 18.7. The molecule has 2 fully saturated rings. The first-order valence-electron chi connectivity index (χ1n) is 9.46. The van der Waals surface area contributed by atoms with Gasteiger partial charge in [-0.15, -0.1) is 0 Å². The van der Waals surface area contributed by atoms with Gasteiger partial charge in [-0.1, -0.05) is 13.8 Å². The van der Waals surface area contributed by atoms with Crippen molar-refractivity contribution in [3.63, 3.8) is 0 Å². The Morgan fingerprint density at radius 1 is 1.27 bits per heavy atom. The molecular formula is C19H29N5O2. The highest BCUT2D eigenvalue weighted by Gasteiger charge is 2.35. The van der Waals surface area contributed by atoms with Crippen LogP contribution in [-0.4, -0.2) is 65.4 Å². The number of aromatic nitrogens is 1. The SMILES string of the molecule is CC(C)[C@H]1CN(CC(N)=O)C[C@@H]1Nc1ccc(C(=O)N2CCCC2)cn1. The molecule has 1 aromatic heterocycles. The summed E-state index contributed by atoms with van der Waals surface area (Å²) in [6.45, 7) is 7.97. The average molecular weight is 359 g/mol. The molecule has 3 heterocycles. The van der Waals surface area contributed by atoms with Gasteiger partial charge in [0.05, 0.1) is 12.1 Å². The van der Waals surface area contributed by atoms with Crippen LogP contribution >= 0.6 is 0 Å². The quantitative estimate of drug-likeness (QED) is 0.796. The van der Waals surface area contributed by atoms with Crippen molar-refractivity contribution in [1.29, 1.82) is 0 Å². The third-order valence-corrected chi connectivity index (χ3v) is 5.41. The lowest BCUT2D eigenvalue weighted by atomic mass is 9.91. The van der Waals surface area contributed by atoms with E-state index < -0.39 is 0 Å². The number of amides is 2. The molecule has 0 unspecified atom stereocenters. The highest BCUT2D eigenvalue weighted by Crippen LogP contribution is 2.26. The normalized spacial score (nSPS) is 23.6. The Kier molecular flexibility index (Phi) is 5.76. The summed E-state index contributed by atoms with van der Waals surface area (Å²) < 4.78 is 0. The number of nitrogens with two attached hydrogens (primary N) is 1. The third kappa shape index (κ3) is 4.33. The number of pyridine rings is 1. The molecule has 3 rings (SSSR count). The number of likely N-dealkylation sites (tertiary alicyclic amines) is 2. The van der Waals surface area contributed by atoms with Gasteiger partial charge in [-0.05, 0) is 36.8 Å². The number of rotatable bonds is 6. The molecule has 2 aliphatic heterocycles. The van der Waals surface area contributed by atoms with Crippen molar-refractivity contribution in [2.45, 2.75) is 32.7 Å². The summed E-state index contributed by atoms with van der Waals surface area (Å²) in [4.78, 5) is 32.0. The molecule has 26 heavy (non-hydrogen) atoms. The monoisotopic (exact) mass is 359 g/mol. The van der Waals surface area contributed by atoms with E-state index in [9.17, 15) is 9.59 Å². The average Bonchev–Trinajstić information content (AvgIpc) is 3.24. The van der Waals surface area contributed by atoms with E-state index in [0.29, 0.717) is 17.4 Å². The van der Waals surface area contributed by atoms with Gasteiger partial charge in [0.25, 0.3) is 5.91 Å². The summed E-state index contributed by atoms with van der Waals surface area (Å²) in [5.41, 5.74) is 5.98. The van der Waals surface area contributed by atoms with Crippen LogP contribution in [0, 0.1) is 11.8 Å². The molecule has 2 amide bonds. The molecule has 2 saturated heterocycles. The molecule has 1 aromatic rings. The lowest BCUT2D eigenvalue weighted by molar-refractivity contribution is -0.118. The van der Waals surface area contributed by atoms with Gasteiger partial charge in [0.1, 0.15) is 5.82 Å². The summed E-state index contributed by atoms with van der Waals surface area (Å²) in [6, 6.07) is 3.93. The molecule has 142 valence electrons. The molecule has 0 bridgehead atoms. The minimum absolute atomic E-state index is 0.0649. The standard InChI is InChI=1S/C19H29N5O2/c1-13(2)15-10-23(12-17(20)25)11-16(15)22-18-6-5-14(9-21-18)19(26)24-7-3-4-8-24/h5-6,9,13,15-16H,3-4,7-8,10-12H2,1-2H3,(H2,20,25)(H,21,22)/t15-,16+/m1/s1. The van der Waals surface area contributed by atoms with Gasteiger partial charge in [0.2, 0.25) is 5.91 Å². The highest BCUT2D eigenvalue weighted by molar-refractivity contribution is 5.94. The Morgan fingerprint density at radius 2 is 2.00 bits per heavy atom. The second-order valence-electron chi connectivity index (χ2n) is 7.75. The lowest BCUT2D eigenvalue weighted by Gasteiger charge is -2.23. The van der Waals surface area contributed by atoms with Crippen molar-refractivity contribution in [2.24, 2.45) is 17.6 Å². The number of hydrogen-bond donors (Lipinski definition) is 2. The first-order chi connectivity index (χ1) is 12.4. The fourth-order valence-corrected chi connectivity index (χ4v) is 3.99. The van der Waals surface area contributed by atoms with Crippen LogP contribution in [0.4, 0.5) is 5.82 Å². The molecule has 2 atom stereocenters. The van der Waals surface area contributed by atoms with E-state index in [1.54, 1.807) is 6.20 Å². The molecule has 0 radical (unpaired) electrons. The van der Waals surface area contributed by atoms with Crippen LogP contribution in [0.25, 0.3) is 0 Å². The molecule has 0 aromatic carbocycles. The van der Waals surface area contributed by atoms with Crippen LogP contribution in [0.2, 0.25) is 0 Å². The van der Waals surface area contributed by atoms with Crippen molar-refractivity contribution in [3.05, 3.63) is 23.9 Å². The van der Waals surface area contributed by atoms with Crippen molar-refractivity contribution < 1.29 is 9.59 Å². The maximum absolute atomic E-state index is 12.4. The van der Waals surface area contributed by atoms with Gasteiger partial charge in [0, 0.05) is 38.4 Å². The van der Waals surface area contributed by atoms with E-state index in [2.05, 4.69) is 29.0 Å². The van der Waals surface area contributed by atoms with E-state index in [1.807, 2.05) is 17.0 Å². The maximum Gasteiger partial charge on any atom is 0.255 e. The number of carbonyl (C=O) groups is 2. The summed E-state index contributed by atoms with van der Waals surface area (Å²) in [5, 5.41) is 3.48. The summed E-state index contributed by atoms with van der Waals surface area (Å²) in [5.74, 6) is 1.44. The molecule has 2 aliphatic rings. The number of carbonyl (C=O) groups excluding carboxylic acids is 2. The minimum atomic E-state index is -0.295. The molecule has 7 heteroatoms. The Morgan fingerprint density at radius 3 is 2.58 bits per heavy atom. The first-order valence-corrected chi connectivity index (χ1v) is 9.46. The minimum Gasteiger partial charge on any atom is -0.369 e. The van der Waals surface area contributed by atoms with Crippen LogP contribution in [-0.2, 0) is 4.79 Å². The van der Waals surface area contributed by atoms with Crippen molar-refractivity contribution in [3.8, 4) is 0 Å². The third-order valence-electron chi connectivity index (χ3n) is 5.41. The number of nitrogens with one attached hydrogen (secondary N) is 1. The van der Waals surface area contributed by atoms with Gasteiger partial charge in [0.15, 0.2) is 0 Å². The Balaban J connectivity index is 1.63. The van der Waals surface area contributed by atoms with Crippen LogP contribution in [0.5, 0.6) is 0 Å². The van der Waals surface area contributed by atoms with E-state index in [0.717, 1.165) is 44.8 Å². The van der Waals surface area contributed by atoms with Gasteiger partial charge in [-0.2, -0.15) is 0 Å². The molecule has 0 saturated carbocycles. The van der Waals surface area contributed by atoms with Gasteiger partial charge in [-0.25, -0.2) is 4.98 Å². The zero-order valence-corrected chi connectivity index (χ0v) is 15.6. The summed E-state index contributed by atoms with van der Waals surface area (Å²) in [6.07, 6.45) is 3.82. The fourth-order valence-electron chi connectivity index (χ4n) is 3.99. The lowest BCUT2D eigenvalue weighted by Crippen LogP contribution is -2.34. The van der Waals surface area contributed by atoms with E-state index in [1.165, 1.54) is 0 Å². The van der Waals surface area contributed by atoms with Gasteiger partial charge in [-0.3, -0.25) is 14.5 Å². The smallest absolute Gasteiger partial charge is 0.255 e. The van der Waals surface area contributed by atoms with Crippen LogP contribution in [0.3, 0.4) is 0 Å². The predicted molar refractivity (Wildman–Crippen MR) is 101 cm³/mol. The first kappa shape index (κ1) is 18.6. The summed E-state index contributed by atoms with van der Waals surface area (Å²) in [7, 11) is 0. The fraction of sp³-hybridized carbons (Fsp3) is 0.632. The highest BCUT2D eigenvalue weighted by atomic mass is 16.2. The Hall–Kier alpha value is -2.15. The van der Waals surface area contributed by atoms with Crippen molar-refractivity contribution in [1.82, 2.24) is 14.8 Å². The number of nitrogens with zero attached hydrogens (tertiary/aromatic N) is 3. The Labute approximate surface area is 154 Å². The number of primary amides is 1. The molecule has 3 N–H and O–H groups in total.